The molecule has 0 aliphatic carbocycles. The van der Waals surface area contributed by atoms with Gasteiger partial charge in [-0.25, -0.2) is 0 Å². The first-order valence-electron chi connectivity index (χ1n) is 7.94. The number of piperidine rings is 1. The molecule has 116 valence electrons. The second-order valence-corrected chi connectivity index (χ2v) is 7.29. The van der Waals surface area contributed by atoms with E-state index in [1.54, 1.807) is 0 Å². The Kier molecular flexibility index (Phi) is 4.93. The summed E-state index contributed by atoms with van der Waals surface area (Å²) in [6.07, 6.45) is 2.05. The zero-order valence-electron chi connectivity index (χ0n) is 12.8. The van der Waals surface area contributed by atoms with E-state index in [2.05, 4.69) is 39.3 Å². The molecule has 2 fully saturated rings. The summed E-state index contributed by atoms with van der Waals surface area (Å²) in [5, 5.41) is 2.14. The zero-order chi connectivity index (χ0) is 14.7. The third-order valence-electron chi connectivity index (χ3n) is 4.71. The first-order chi connectivity index (χ1) is 10.2. The number of carbonyl (C=O) groups is 1. The van der Waals surface area contributed by atoms with Crippen molar-refractivity contribution < 1.29 is 4.79 Å². The van der Waals surface area contributed by atoms with Crippen molar-refractivity contribution in [1.29, 1.82) is 0 Å². The molecule has 1 amide bonds. The lowest BCUT2D eigenvalue weighted by molar-refractivity contribution is -0.138. The van der Waals surface area contributed by atoms with Gasteiger partial charge in [-0.1, -0.05) is 6.07 Å². The lowest BCUT2D eigenvalue weighted by Crippen LogP contribution is -2.50. The van der Waals surface area contributed by atoms with Gasteiger partial charge in [0.2, 0.25) is 5.91 Å². The normalized spacial score (nSPS) is 22.6. The number of hydrogen-bond donors (Lipinski definition) is 0. The SMILES string of the molecule is CN1CCN(C(=O)C2CCN(Cc3cccs3)CC2)CC1. The molecule has 3 heterocycles. The molecule has 1 aromatic heterocycles. The molecule has 0 atom stereocenters. The van der Waals surface area contributed by atoms with Gasteiger partial charge in [-0.3, -0.25) is 9.69 Å². The molecule has 2 aliphatic rings. The highest BCUT2D eigenvalue weighted by Crippen LogP contribution is 2.22. The Morgan fingerprint density at radius 3 is 2.52 bits per heavy atom. The summed E-state index contributed by atoms with van der Waals surface area (Å²) < 4.78 is 0. The summed E-state index contributed by atoms with van der Waals surface area (Å²) in [5.74, 6) is 0.659. The van der Waals surface area contributed by atoms with Crippen LogP contribution in [0.5, 0.6) is 0 Å². The van der Waals surface area contributed by atoms with Crippen molar-refractivity contribution in [3.63, 3.8) is 0 Å². The largest absolute Gasteiger partial charge is 0.340 e. The van der Waals surface area contributed by atoms with Crippen LogP contribution in [0.1, 0.15) is 17.7 Å². The van der Waals surface area contributed by atoms with Gasteiger partial charge in [-0.2, -0.15) is 0 Å². The summed E-state index contributed by atoms with van der Waals surface area (Å²) in [6, 6.07) is 4.32. The molecule has 0 N–H and O–H groups in total. The van der Waals surface area contributed by atoms with E-state index < -0.39 is 0 Å². The molecule has 0 saturated carbocycles. The van der Waals surface area contributed by atoms with Crippen molar-refractivity contribution in [2.24, 2.45) is 5.92 Å². The number of piperazine rings is 1. The minimum atomic E-state index is 0.257. The van der Waals surface area contributed by atoms with E-state index in [1.165, 1.54) is 4.88 Å². The fourth-order valence-electron chi connectivity index (χ4n) is 3.25. The topological polar surface area (TPSA) is 26.8 Å². The summed E-state index contributed by atoms with van der Waals surface area (Å²) in [6.45, 7) is 7.01. The monoisotopic (exact) mass is 307 g/mol. The lowest BCUT2D eigenvalue weighted by atomic mass is 9.95. The van der Waals surface area contributed by atoms with Crippen LogP contribution < -0.4 is 0 Å². The number of nitrogens with zero attached hydrogens (tertiary/aromatic N) is 3. The van der Waals surface area contributed by atoms with Crippen LogP contribution in [0.3, 0.4) is 0 Å². The Morgan fingerprint density at radius 1 is 1.19 bits per heavy atom. The molecule has 0 aromatic carbocycles. The van der Waals surface area contributed by atoms with Crippen molar-refractivity contribution in [3.05, 3.63) is 22.4 Å². The second kappa shape index (κ2) is 6.90. The number of likely N-dealkylation sites (tertiary alicyclic amines) is 1. The predicted molar refractivity (Wildman–Crippen MR) is 86.4 cm³/mol. The van der Waals surface area contributed by atoms with Crippen molar-refractivity contribution in [3.8, 4) is 0 Å². The Hall–Kier alpha value is -0.910. The quantitative estimate of drug-likeness (QED) is 0.851. The van der Waals surface area contributed by atoms with Gasteiger partial charge in [0.15, 0.2) is 0 Å². The van der Waals surface area contributed by atoms with Crippen LogP contribution in [-0.4, -0.2) is 66.9 Å². The van der Waals surface area contributed by atoms with Crippen LogP contribution in [-0.2, 0) is 11.3 Å². The maximum Gasteiger partial charge on any atom is 0.225 e. The summed E-state index contributed by atoms with van der Waals surface area (Å²) in [7, 11) is 2.13. The molecule has 2 aliphatic heterocycles. The van der Waals surface area contributed by atoms with Crippen LogP contribution in [0.2, 0.25) is 0 Å². The van der Waals surface area contributed by atoms with Gasteiger partial charge in [0.25, 0.3) is 0 Å². The highest BCUT2D eigenvalue weighted by Gasteiger charge is 2.29. The molecular weight excluding hydrogens is 282 g/mol. The average molecular weight is 307 g/mol. The number of rotatable bonds is 3. The molecule has 0 radical (unpaired) electrons. The van der Waals surface area contributed by atoms with Crippen molar-refractivity contribution in [2.75, 3.05) is 46.3 Å². The average Bonchev–Trinajstić information content (AvgIpc) is 3.01. The standard InChI is InChI=1S/C16H25N3OS/c1-17-8-10-19(11-9-17)16(20)14-4-6-18(7-5-14)13-15-3-2-12-21-15/h2-3,12,14H,4-11,13H2,1H3. The molecule has 3 rings (SSSR count). The molecule has 1 aromatic rings. The van der Waals surface area contributed by atoms with Gasteiger partial charge < -0.3 is 9.80 Å². The Labute approximate surface area is 131 Å². The van der Waals surface area contributed by atoms with Crippen LogP contribution in [0, 0.1) is 5.92 Å². The van der Waals surface area contributed by atoms with Gasteiger partial charge in [-0.15, -0.1) is 11.3 Å². The minimum Gasteiger partial charge on any atom is -0.340 e. The van der Waals surface area contributed by atoms with E-state index in [4.69, 9.17) is 0 Å². The lowest BCUT2D eigenvalue weighted by Gasteiger charge is -2.37. The Bertz CT molecular complexity index is 446. The smallest absolute Gasteiger partial charge is 0.225 e. The van der Waals surface area contributed by atoms with E-state index in [0.29, 0.717) is 5.91 Å². The minimum absolute atomic E-state index is 0.257. The van der Waals surface area contributed by atoms with E-state index in [9.17, 15) is 4.79 Å². The second-order valence-electron chi connectivity index (χ2n) is 6.26. The van der Waals surface area contributed by atoms with Crippen LogP contribution in [0.15, 0.2) is 17.5 Å². The summed E-state index contributed by atoms with van der Waals surface area (Å²) >= 11 is 1.83. The number of likely N-dealkylation sites (N-methyl/N-ethyl adjacent to an activating group) is 1. The number of carbonyl (C=O) groups excluding carboxylic acids is 1. The predicted octanol–water partition coefficient (Wildman–Crippen LogP) is 1.73. The fourth-order valence-corrected chi connectivity index (χ4v) is 3.99. The molecule has 4 nitrogen and oxygen atoms in total. The van der Waals surface area contributed by atoms with Gasteiger partial charge >= 0.3 is 0 Å². The van der Waals surface area contributed by atoms with E-state index in [0.717, 1.165) is 58.7 Å². The molecular formula is C16H25N3OS. The third-order valence-corrected chi connectivity index (χ3v) is 5.57. The maximum absolute atomic E-state index is 12.6. The van der Waals surface area contributed by atoms with Crippen LogP contribution >= 0.6 is 11.3 Å². The van der Waals surface area contributed by atoms with Gasteiger partial charge in [0, 0.05) is 43.5 Å². The Balaban J connectivity index is 1.45. The van der Waals surface area contributed by atoms with Gasteiger partial charge in [0.1, 0.15) is 0 Å². The molecule has 0 spiro atoms. The van der Waals surface area contributed by atoms with Crippen molar-refractivity contribution >= 4 is 17.2 Å². The van der Waals surface area contributed by atoms with Crippen molar-refractivity contribution in [2.45, 2.75) is 19.4 Å². The molecule has 0 bridgehead atoms. The van der Waals surface area contributed by atoms with Gasteiger partial charge in [-0.05, 0) is 44.4 Å². The molecule has 2 saturated heterocycles. The molecule has 21 heavy (non-hydrogen) atoms. The number of hydrogen-bond acceptors (Lipinski definition) is 4. The van der Waals surface area contributed by atoms with E-state index >= 15 is 0 Å². The van der Waals surface area contributed by atoms with E-state index in [-0.39, 0.29) is 5.92 Å². The van der Waals surface area contributed by atoms with Crippen molar-refractivity contribution in [1.82, 2.24) is 14.7 Å². The number of thiophene rings is 1. The first kappa shape index (κ1) is 15.0. The maximum atomic E-state index is 12.6. The zero-order valence-corrected chi connectivity index (χ0v) is 13.6. The number of amides is 1. The summed E-state index contributed by atoms with van der Waals surface area (Å²) in [5.41, 5.74) is 0. The van der Waals surface area contributed by atoms with Gasteiger partial charge in [0.05, 0.1) is 0 Å². The first-order valence-corrected chi connectivity index (χ1v) is 8.82. The highest BCUT2D eigenvalue weighted by atomic mass is 32.1. The van der Waals surface area contributed by atoms with E-state index in [1.807, 2.05) is 11.3 Å². The Morgan fingerprint density at radius 2 is 1.90 bits per heavy atom. The molecule has 5 heteroatoms. The van der Waals surface area contributed by atoms with Crippen LogP contribution in [0.25, 0.3) is 0 Å². The third kappa shape index (κ3) is 3.84. The molecule has 0 unspecified atom stereocenters. The van der Waals surface area contributed by atoms with Crippen LogP contribution in [0.4, 0.5) is 0 Å². The summed E-state index contributed by atoms with van der Waals surface area (Å²) in [4.78, 5) is 20.9. The highest BCUT2D eigenvalue weighted by molar-refractivity contribution is 7.09. The fraction of sp³-hybridized carbons (Fsp3) is 0.688.